The van der Waals surface area contributed by atoms with E-state index in [0.29, 0.717) is 30.2 Å². The third-order valence-electron chi connectivity index (χ3n) is 4.35. The zero-order valence-electron chi connectivity index (χ0n) is 16.5. The van der Waals surface area contributed by atoms with E-state index in [9.17, 15) is 4.79 Å². The van der Waals surface area contributed by atoms with Gasteiger partial charge >= 0.3 is 0 Å². The van der Waals surface area contributed by atoms with Gasteiger partial charge in [0.25, 0.3) is 5.91 Å². The Morgan fingerprint density at radius 3 is 2.66 bits per heavy atom. The van der Waals surface area contributed by atoms with Crippen molar-refractivity contribution < 1.29 is 14.3 Å². The highest BCUT2D eigenvalue weighted by Gasteiger charge is 2.08. The SMILES string of the molecule is COc1ccc(CCNc2cncc(C(=O)NCc3ccccn3)c2)cc1OC. The summed E-state index contributed by atoms with van der Waals surface area (Å²) < 4.78 is 10.6. The quantitative estimate of drug-likeness (QED) is 0.582. The molecule has 0 radical (unpaired) electrons. The Bertz CT molecular complexity index is 948. The monoisotopic (exact) mass is 392 g/mol. The molecule has 0 unspecified atom stereocenters. The van der Waals surface area contributed by atoms with Crippen LogP contribution >= 0.6 is 0 Å². The Balaban J connectivity index is 1.54. The van der Waals surface area contributed by atoms with E-state index in [1.54, 1.807) is 38.9 Å². The van der Waals surface area contributed by atoms with Gasteiger partial charge in [0.2, 0.25) is 0 Å². The van der Waals surface area contributed by atoms with Crippen LogP contribution in [0.3, 0.4) is 0 Å². The molecule has 29 heavy (non-hydrogen) atoms. The van der Waals surface area contributed by atoms with Crippen LogP contribution < -0.4 is 20.1 Å². The lowest BCUT2D eigenvalue weighted by Gasteiger charge is -2.11. The molecule has 1 amide bonds. The topological polar surface area (TPSA) is 85.4 Å². The van der Waals surface area contributed by atoms with Crippen molar-refractivity contribution in [2.45, 2.75) is 13.0 Å². The maximum Gasteiger partial charge on any atom is 0.253 e. The number of methoxy groups -OCH3 is 2. The zero-order chi connectivity index (χ0) is 20.5. The lowest BCUT2D eigenvalue weighted by atomic mass is 10.1. The van der Waals surface area contributed by atoms with Gasteiger partial charge in [-0.25, -0.2) is 0 Å². The first-order valence-electron chi connectivity index (χ1n) is 9.27. The van der Waals surface area contributed by atoms with Crippen molar-refractivity contribution in [3.63, 3.8) is 0 Å². The summed E-state index contributed by atoms with van der Waals surface area (Å²) in [6, 6.07) is 13.2. The minimum Gasteiger partial charge on any atom is -0.493 e. The van der Waals surface area contributed by atoms with E-state index in [4.69, 9.17) is 9.47 Å². The van der Waals surface area contributed by atoms with E-state index in [0.717, 1.165) is 23.4 Å². The number of rotatable bonds is 9. The third-order valence-corrected chi connectivity index (χ3v) is 4.35. The second-order valence-electron chi connectivity index (χ2n) is 6.33. The molecule has 0 spiro atoms. The molecule has 3 rings (SSSR count). The molecular formula is C22H24N4O3. The number of anilines is 1. The molecular weight excluding hydrogens is 368 g/mol. The normalized spacial score (nSPS) is 10.3. The summed E-state index contributed by atoms with van der Waals surface area (Å²) in [4.78, 5) is 20.7. The van der Waals surface area contributed by atoms with Crippen LogP contribution in [0.1, 0.15) is 21.6 Å². The molecule has 0 aliphatic rings. The largest absolute Gasteiger partial charge is 0.493 e. The summed E-state index contributed by atoms with van der Waals surface area (Å²) in [5.74, 6) is 1.22. The smallest absolute Gasteiger partial charge is 0.253 e. The molecule has 3 aromatic rings. The molecule has 0 saturated heterocycles. The van der Waals surface area contributed by atoms with Gasteiger partial charge in [0.05, 0.1) is 37.7 Å². The van der Waals surface area contributed by atoms with Crippen molar-refractivity contribution in [3.05, 3.63) is 77.9 Å². The minimum atomic E-state index is -0.188. The highest BCUT2D eigenvalue weighted by Crippen LogP contribution is 2.27. The van der Waals surface area contributed by atoms with E-state index in [2.05, 4.69) is 20.6 Å². The fourth-order valence-corrected chi connectivity index (χ4v) is 2.82. The van der Waals surface area contributed by atoms with Gasteiger partial charge < -0.3 is 20.1 Å². The fourth-order valence-electron chi connectivity index (χ4n) is 2.82. The fraction of sp³-hybridized carbons (Fsp3) is 0.227. The molecule has 0 bridgehead atoms. The van der Waals surface area contributed by atoms with Gasteiger partial charge in [0.1, 0.15) is 0 Å². The summed E-state index contributed by atoms with van der Waals surface area (Å²) in [7, 11) is 3.24. The number of hydrogen-bond acceptors (Lipinski definition) is 6. The number of nitrogens with zero attached hydrogens (tertiary/aromatic N) is 2. The van der Waals surface area contributed by atoms with Crippen LogP contribution in [0, 0.1) is 0 Å². The van der Waals surface area contributed by atoms with Gasteiger partial charge in [-0.3, -0.25) is 14.8 Å². The molecule has 2 N–H and O–H groups in total. The average Bonchev–Trinajstić information content (AvgIpc) is 2.78. The number of aromatic nitrogens is 2. The number of ether oxygens (including phenoxy) is 2. The van der Waals surface area contributed by atoms with Crippen LogP contribution in [0.5, 0.6) is 11.5 Å². The summed E-state index contributed by atoms with van der Waals surface area (Å²) >= 11 is 0. The van der Waals surface area contributed by atoms with Crippen LogP contribution in [0.25, 0.3) is 0 Å². The van der Waals surface area contributed by atoms with E-state index in [1.165, 1.54) is 0 Å². The zero-order valence-corrected chi connectivity index (χ0v) is 16.5. The Kier molecular flexibility index (Phi) is 7.00. The third kappa shape index (κ3) is 5.68. The summed E-state index contributed by atoms with van der Waals surface area (Å²) in [6.07, 6.45) is 5.74. The van der Waals surface area contributed by atoms with E-state index in [1.807, 2.05) is 36.4 Å². The molecule has 7 heteroatoms. The summed E-state index contributed by atoms with van der Waals surface area (Å²) in [6.45, 7) is 1.06. The minimum absolute atomic E-state index is 0.188. The first-order chi connectivity index (χ1) is 14.2. The molecule has 7 nitrogen and oxygen atoms in total. The van der Waals surface area contributed by atoms with Crippen molar-refractivity contribution in [1.29, 1.82) is 0 Å². The number of carbonyl (C=O) groups is 1. The second-order valence-corrected chi connectivity index (χ2v) is 6.33. The number of amides is 1. The molecule has 0 saturated carbocycles. The number of pyridine rings is 2. The molecule has 0 aliphatic carbocycles. The van der Waals surface area contributed by atoms with Crippen molar-refractivity contribution in [3.8, 4) is 11.5 Å². The van der Waals surface area contributed by atoms with Crippen molar-refractivity contribution in [2.75, 3.05) is 26.1 Å². The number of nitrogens with one attached hydrogen (secondary N) is 2. The predicted octanol–water partition coefficient (Wildman–Crippen LogP) is 3.08. The molecule has 2 heterocycles. The van der Waals surface area contributed by atoms with Crippen LogP contribution in [0.2, 0.25) is 0 Å². The van der Waals surface area contributed by atoms with Crippen LogP contribution in [-0.2, 0) is 13.0 Å². The Labute approximate surface area is 170 Å². The van der Waals surface area contributed by atoms with Crippen LogP contribution in [0.15, 0.2) is 61.1 Å². The molecule has 2 aromatic heterocycles. The molecule has 0 aliphatic heterocycles. The summed E-state index contributed by atoms with van der Waals surface area (Å²) in [5.41, 5.74) is 3.21. The van der Waals surface area contributed by atoms with Crippen molar-refractivity contribution in [1.82, 2.24) is 15.3 Å². The molecule has 0 fully saturated rings. The van der Waals surface area contributed by atoms with E-state index < -0.39 is 0 Å². The van der Waals surface area contributed by atoms with Gasteiger partial charge in [-0.05, 0) is 42.3 Å². The Hall–Kier alpha value is -3.61. The Morgan fingerprint density at radius 1 is 1.03 bits per heavy atom. The van der Waals surface area contributed by atoms with Gasteiger partial charge in [0.15, 0.2) is 11.5 Å². The summed E-state index contributed by atoms with van der Waals surface area (Å²) in [5, 5.41) is 6.15. The molecule has 150 valence electrons. The average molecular weight is 392 g/mol. The maximum absolute atomic E-state index is 12.4. The van der Waals surface area contributed by atoms with Gasteiger partial charge in [-0.1, -0.05) is 12.1 Å². The predicted molar refractivity (Wildman–Crippen MR) is 111 cm³/mol. The van der Waals surface area contributed by atoms with Gasteiger partial charge in [-0.15, -0.1) is 0 Å². The molecule has 0 atom stereocenters. The van der Waals surface area contributed by atoms with Crippen LogP contribution in [-0.4, -0.2) is 36.6 Å². The van der Waals surface area contributed by atoms with E-state index >= 15 is 0 Å². The second kappa shape index (κ2) is 10.1. The highest BCUT2D eigenvalue weighted by molar-refractivity contribution is 5.94. The number of hydrogen-bond donors (Lipinski definition) is 2. The standard InChI is InChI=1S/C22H24N4O3/c1-28-20-7-6-16(11-21(20)29-2)8-10-25-19-12-17(13-23-14-19)22(27)26-15-18-5-3-4-9-24-18/h3-7,9,11-14,25H,8,10,15H2,1-2H3,(H,26,27). The van der Waals surface area contributed by atoms with E-state index in [-0.39, 0.29) is 5.91 Å². The van der Waals surface area contributed by atoms with Crippen molar-refractivity contribution >= 4 is 11.6 Å². The lowest BCUT2D eigenvalue weighted by molar-refractivity contribution is 0.0950. The Morgan fingerprint density at radius 2 is 1.90 bits per heavy atom. The first kappa shape index (κ1) is 20.1. The first-order valence-corrected chi connectivity index (χ1v) is 9.27. The number of benzene rings is 1. The highest BCUT2D eigenvalue weighted by atomic mass is 16.5. The van der Waals surface area contributed by atoms with Crippen LogP contribution in [0.4, 0.5) is 5.69 Å². The van der Waals surface area contributed by atoms with Crippen molar-refractivity contribution in [2.24, 2.45) is 0 Å². The van der Waals surface area contributed by atoms with Gasteiger partial charge in [0, 0.05) is 25.1 Å². The maximum atomic E-state index is 12.4. The molecule has 1 aromatic carbocycles. The lowest BCUT2D eigenvalue weighted by Crippen LogP contribution is -2.23. The number of carbonyl (C=O) groups excluding carboxylic acids is 1. The van der Waals surface area contributed by atoms with Gasteiger partial charge in [-0.2, -0.15) is 0 Å².